The lowest BCUT2D eigenvalue weighted by Gasteiger charge is -2.26. The van der Waals surface area contributed by atoms with Crippen LogP contribution in [0.3, 0.4) is 0 Å². The van der Waals surface area contributed by atoms with Crippen molar-refractivity contribution in [2.45, 2.75) is 19.3 Å². The maximum atomic E-state index is 13.2. The number of hydrogen-bond donors (Lipinski definition) is 2. The number of aromatic nitrogens is 2. The molecule has 156 valence electrons. The Bertz CT molecular complexity index is 1060. The van der Waals surface area contributed by atoms with Crippen molar-refractivity contribution in [1.82, 2.24) is 24.7 Å². The zero-order valence-electron chi connectivity index (χ0n) is 16.5. The Labute approximate surface area is 172 Å². The van der Waals surface area contributed by atoms with E-state index in [9.17, 15) is 9.59 Å². The molecule has 0 bridgehead atoms. The van der Waals surface area contributed by atoms with Gasteiger partial charge in [-0.2, -0.15) is 0 Å². The van der Waals surface area contributed by atoms with Gasteiger partial charge in [-0.1, -0.05) is 0 Å². The highest BCUT2D eigenvalue weighted by molar-refractivity contribution is 6.12. The first-order valence-electron chi connectivity index (χ1n) is 10.1. The van der Waals surface area contributed by atoms with E-state index in [4.69, 9.17) is 9.47 Å². The highest BCUT2D eigenvalue weighted by atomic mass is 16.7. The van der Waals surface area contributed by atoms with E-state index in [2.05, 4.69) is 20.3 Å². The van der Waals surface area contributed by atoms with Gasteiger partial charge in [0.1, 0.15) is 0 Å². The van der Waals surface area contributed by atoms with Crippen molar-refractivity contribution in [2.75, 3.05) is 33.0 Å². The number of carbonyl (C=O) groups excluding carboxylic acids is 2. The van der Waals surface area contributed by atoms with Crippen LogP contribution in [0.4, 0.5) is 10.5 Å². The second kappa shape index (κ2) is 7.45. The van der Waals surface area contributed by atoms with Gasteiger partial charge in [-0.05, 0) is 18.9 Å². The van der Waals surface area contributed by atoms with Gasteiger partial charge in [0.05, 0.1) is 17.4 Å². The molecule has 2 saturated heterocycles. The summed E-state index contributed by atoms with van der Waals surface area (Å²) in [5, 5.41) is 2.90. The van der Waals surface area contributed by atoms with Crippen LogP contribution in [-0.2, 0) is 14.3 Å². The first kappa shape index (κ1) is 18.6. The molecule has 30 heavy (non-hydrogen) atoms. The molecule has 1 aromatic heterocycles. The average Bonchev–Trinajstić information content (AvgIpc) is 3.53. The number of amidine groups is 1. The van der Waals surface area contributed by atoms with Gasteiger partial charge in [-0.15, -0.1) is 4.48 Å². The molecule has 3 amide bonds. The van der Waals surface area contributed by atoms with Crippen molar-refractivity contribution >= 4 is 34.5 Å². The van der Waals surface area contributed by atoms with E-state index in [0.29, 0.717) is 37.8 Å². The van der Waals surface area contributed by atoms with Crippen molar-refractivity contribution in [2.24, 2.45) is 4.99 Å². The lowest BCUT2D eigenvalue weighted by Crippen LogP contribution is -2.51. The number of imidazole rings is 1. The molecule has 4 heterocycles. The summed E-state index contributed by atoms with van der Waals surface area (Å²) in [7, 11) is 0. The predicted octanol–water partition coefficient (Wildman–Crippen LogP) is 1.81. The van der Waals surface area contributed by atoms with Crippen molar-refractivity contribution in [3.63, 3.8) is 0 Å². The number of aromatic amines is 1. The second-order valence-electron chi connectivity index (χ2n) is 7.55. The van der Waals surface area contributed by atoms with E-state index < -0.39 is 0 Å². The van der Waals surface area contributed by atoms with E-state index in [1.165, 1.54) is 6.26 Å². The Morgan fingerprint density at radius 1 is 1.30 bits per heavy atom. The van der Waals surface area contributed by atoms with Crippen molar-refractivity contribution in [3.8, 4) is 0 Å². The van der Waals surface area contributed by atoms with Crippen molar-refractivity contribution in [1.29, 1.82) is 0 Å². The topological polar surface area (TPSA) is 109 Å². The molecule has 1 unspecified atom stereocenters. The maximum Gasteiger partial charge on any atom is 0.435 e. The van der Waals surface area contributed by atoms with Crippen molar-refractivity contribution < 1.29 is 19.1 Å². The number of urea groups is 1. The Morgan fingerprint density at radius 3 is 3.03 bits per heavy atom. The van der Waals surface area contributed by atoms with Crippen LogP contribution < -0.4 is 9.80 Å². The SMILES string of the molecule is O=C1CCCN1CCCN=C1C[N+](C2=COCO2)(c2ccc3nc[nH]c3c2)C(=O)N1. The fourth-order valence-electron chi connectivity index (χ4n) is 4.17. The molecule has 1 aromatic carbocycles. The predicted molar refractivity (Wildman–Crippen MR) is 109 cm³/mol. The minimum atomic E-state index is -0.251. The standard InChI is InChI=1S/C20H22N6O4/c27-18-3-1-7-25(18)8-2-6-21-17-10-26(20(28)24-17,19-11-29-13-30-19)14-4-5-15-16(9-14)23-12-22-15/h4-5,9,11-12H,1-3,6-8,10,13H2,(H-,21,22,23,24,28)/p+1. The van der Waals surface area contributed by atoms with E-state index in [1.54, 1.807) is 6.33 Å². The Balaban J connectivity index is 1.37. The number of amides is 3. The molecule has 10 nitrogen and oxygen atoms in total. The summed E-state index contributed by atoms with van der Waals surface area (Å²) in [6.07, 6.45) is 5.44. The summed E-state index contributed by atoms with van der Waals surface area (Å²) in [4.78, 5) is 38.7. The molecule has 3 aliphatic heterocycles. The molecule has 0 radical (unpaired) electrons. The first-order valence-corrected chi connectivity index (χ1v) is 10.1. The Hall–Kier alpha value is -3.40. The van der Waals surface area contributed by atoms with Gasteiger partial charge < -0.3 is 19.4 Å². The van der Waals surface area contributed by atoms with Gasteiger partial charge in [0, 0.05) is 38.2 Å². The maximum absolute atomic E-state index is 13.2. The number of nitrogens with one attached hydrogen (secondary N) is 2. The lowest BCUT2D eigenvalue weighted by molar-refractivity contribution is -0.127. The van der Waals surface area contributed by atoms with Gasteiger partial charge in [-0.3, -0.25) is 15.1 Å². The van der Waals surface area contributed by atoms with Crippen LogP contribution >= 0.6 is 0 Å². The molecule has 10 heteroatoms. The minimum absolute atomic E-state index is 0.0747. The summed E-state index contributed by atoms with van der Waals surface area (Å²) in [6.45, 7) is 2.44. The Kier molecular flexibility index (Phi) is 4.62. The second-order valence-corrected chi connectivity index (χ2v) is 7.55. The Morgan fingerprint density at radius 2 is 2.23 bits per heavy atom. The van der Waals surface area contributed by atoms with Crippen LogP contribution in [0.1, 0.15) is 19.3 Å². The van der Waals surface area contributed by atoms with Crippen LogP contribution in [0.15, 0.2) is 41.7 Å². The normalized spacial score (nSPS) is 25.0. The number of likely N-dealkylation sites (tertiary alicyclic amines) is 1. The highest BCUT2D eigenvalue weighted by Gasteiger charge is 2.54. The zero-order valence-corrected chi connectivity index (χ0v) is 16.5. The molecule has 0 saturated carbocycles. The fourth-order valence-corrected chi connectivity index (χ4v) is 4.17. The van der Waals surface area contributed by atoms with Gasteiger partial charge in [0.15, 0.2) is 24.3 Å². The largest absolute Gasteiger partial charge is 0.455 e. The van der Waals surface area contributed by atoms with Crippen LogP contribution in [0.5, 0.6) is 0 Å². The van der Waals surface area contributed by atoms with Gasteiger partial charge in [0.25, 0.3) is 0 Å². The summed E-state index contributed by atoms with van der Waals surface area (Å²) in [5.74, 6) is 1.22. The van der Waals surface area contributed by atoms with E-state index >= 15 is 0 Å². The third-order valence-corrected chi connectivity index (χ3v) is 5.72. The third-order valence-electron chi connectivity index (χ3n) is 5.72. The lowest BCUT2D eigenvalue weighted by atomic mass is 10.2. The molecule has 2 fully saturated rings. The number of H-pyrrole nitrogens is 1. The number of ether oxygens (including phenoxy) is 2. The molecule has 3 aliphatic rings. The molecule has 0 aliphatic carbocycles. The van der Waals surface area contributed by atoms with Gasteiger partial charge >= 0.3 is 11.9 Å². The van der Waals surface area contributed by atoms with E-state index in [-0.39, 0.29) is 23.2 Å². The average molecular weight is 411 g/mol. The quantitative estimate of drug-likeness (QED) is 0.557. The number of quaternary nitrogens is 1. The molecular formula is C20H23N6O4+. The summed E-state index contributed by atoms with van der Waals surface area (Å²) < 4.78 is 10.7. The molecular weight excluding hydrogens is 388 g/mol. The van der Waals surface area contributed by atoms with Crippen LogP contribution in [-0.4, -0.2) is 65.6 Å². The first-order chi connectivity index (χ1) is 14.7. The number of carbonyl (C=O) groups is 2. The van der Waals surface area contributed by atoms with Gasteiger partial charge in [0.2, 0.25) is 12.7 Å². The van der Waals surface area contributed by atoms with Crippen LogP contribution in [0.25, 0.3) is 11.0 Å². The smallest absolute Gasteiger partial charge is 0.435 e. The number of aliphatic imine (C=N–C) groups is 1. The summed E-state index contributed by atoms with van der Waals surface area (Å²) in [5.41, 5.74) is 2.38. The van der Waals surface area contributed by atoms with Crippen molar-refractivity contribution in [3.05, 3.63) is 36.7 Å². The minimum Gasteiger partial charge on any atom is -0.455 e. The molecule has 2 aromatic rings. The number of rotatable bonds is 6. The van der Waals surface area contributed by atoms with E-state index in [0.717, 1.165) is 36.1 Å². The third kappa shape index (κ3) is 3.09. The zero-order chi connectivity index (χ0) is 20.6. The molecule has 0 spiro atoms. The van der Waals surface area contributed by atoms with Gasteiger partial charge in [-0.25, -0.2) is 9.78 Å². The van der Waals surface area contributed by atoms with Crippen LogP contribution in [0, 0.1) is 0 Å². The fraction of sp³-hybridized carbons (Fsp3) is 0.400. The summed E-state index contributed by atoms with van der Waals surface area (Å²) in [6, 6.07) is 5.38. The summed E-state index contributed by atoms with van der Waals surface area (Å²) >= 11 is 0. The molecule has 2 N–H and O–H groups in total. The molecule has 1 atom stereocenters. The highest BCUT2D eigenvalue weighted by Crippen LogP contribution is 2.35. The van der Waals surface area contributed by atoms with E-state index in [1.807, 2.05) is 23.1 Å². The number of nitrogens with zero attached hydrogens (tertiary/aromatic N) is 4. The number of benzene rings is 1. The number of fused-ring (bicyclic) bond motifs is 1. The number of hydrogen-bond acceptors (Lipinski definition) is 6. The molecule has 5 rings (SSSR count). The monoisotopic (exact) mass is 411 g/mol. The van der Waals surface area contributed by atoms with Crippen LogP contribution in [0.2, 0.25) is 0 Å².